The van der Waals surface area contributed by atoms with E-state index in [1.165, 1.54) is 7.11 Å². The molecule has 1 aromatic heterocycles. The molecule has 5 N–H and O–H groups in total. The standard InChI is InChI=1S/C16H15N3O2/c1-21-16(20)9-6-12(17)15(13(18)7-9)11-8-19-14-5-3-2-4-10(11)14/h2-8,19H,17-18H2,1H3. The van der Waals surface area contributed by atoms with E-state index in [1.54, 1.807) is 12.1 Å². The average Bonchev–Trinajstić information content (AvgIpc) is 2.90. The zero-order valence-electron chi connectivity index (χ0n) is 11.5. The molecular weight excluding hydrogens is 266 g/mol. The third kappa shape index (κ3) is 2.08. The third-order valence-electron chi connectivity index (χ3n) is 3.48. The molecule has 0 aliphatic heterocycles. The number of ether oxygens (including phenoxy) is 1. The largest absolute Gasteiger partial charge is 0.465 e. The van der Waals surface area contributed by atoms with Crippen LogP contribution in [0.2, 0.25) is 0 Å². The second-order valence-electron chi connectivity index (χ2n) is 4.77. The molecule has 0 radical (unpaired) electrons. The molecule has 0 fully saturated rings. The van der Waals surface area contributed by atoms with E-state index in [9.17, 15) is 4.79 Å². The summed E-state index contributed by atoms with van der Waals surface area (Å²) >= 11 is 0. The van der Waals surface area contributed by atoms with Gasteiger partial charge >= 0.3 is 5.97 Å². The van der Waals surface area contributed by atoms with Gasteiger partial charge in [-0.05, 0) is 18.2 Å². The van der Waals surface area contributed by atoms with Gasteiger partial charge in [-0.3, -0.25) is 0 Å². The molecule has 0 unspecified atom stereocenters. The molecule has 106 valence electrons. The molecule has 1 heterocycles. The summed E-state index contributed by atoms with van der Waals surface area (Å²) in [6, 6.07) is 11.0. The van der Waals surface area contributed by atoms with Crippen LogP contribution in [-0.2, 0) is 4.74 Å². The van der Waals surface area contributed by atoms with Crippen molar-refractivity contribution in [3.05, 3.63) is 48.2 Å². The van der Waals surface area contributed by atoms with Gasteiger partial charge < -0.3 is 21.2 Å². The number of rotatable bonds is 2. The van der Waals surface area contributed by atoms with E-state index in [1.807, 2.05) is 30.5 Å². The maximum absolute atomic E-state index is 11.6. The van der Waals surface area contributed by atoms with Crippen molar-refractivity contribution in [2.24, 2.45) is 0 Å². The molecule has 0 amide bonds. The topological polar surface area (TPSA) is 94.1 Å². The predicted octanol–water partition coefficient (Wildman–Crippen LogP) is 2.79. The first-order valence-corrected chi connectivity index (χ1v) is 6.45. The summed E-state index contributed by atoms with van der Waals surface area (Å²) in [7, 11) is 1.32. The Hall–Kier alpha value is -2.95. The number of hydrogen-bond donors (Lipinski definition) is 3. The van der Waals surface area contributed by atoms with Gasteiger partial charge in [0.1, 0.15) is 0 Å². The fourth-order valence-electron chi connectivity index (χ4n) is 2.51. The lowest BCUT2D eigenvalue weighted by molar-refractivity contribution is 0.0601. The smallest absolute Gasteiger partial charge is 0.337 e. The van der Waals surface area contributed by atoms with E-state index in [0.29, 0.717) is 16.9 Å². The highest BCUT2D eigenvalue weighted by Gasteiger charge is 2.16. The number of hydrogen-bond acceptors (Lipinski definition) is 4. The minimum absolute atomic E-state index is 0.344. The number of aromatic amines is 1. The van der Waals surface area contributed by atoms with Crippen molar-refractivity contribution in [1.82, 2.24) is 4.98 Å². The molecule has 2 aromatic carbocycles. The highest BCUT2D eigenvalue weighted by Crippen LogP contribution is 2.37. The van der Waals surface area contributed by atoms with Crippen LogP contribution in [0.25, 0.3) is 22.0 Å². The van der Waals surface area contributed by atoms with Crippen molar-refractivity contribution in [2.45, 2.75) is 0 Å². The molecular formula is C16H15N3O2. The third-order valence-corrected chi connectivity index (χ3v) is 3.48. The Morgan fingerprint density at radius 1 is 1.14 bits per heavy atom. The van der Waals surface area contributed by atoms with Gasteiger partial charge in [0.05, 0.1) is 12.7 Å². The highest BCUT2D eigenvalue weighted by molar-refractivity contribution is 6.04. The van der Waals surface area contributed by atoms with Crippen LogP contribution >= 0.6 is 0 Å². The summed E-state index contributed by atoms with van der Waals surface area (Å²) in [5, 5.41) is 1.03. The Labute approximate surface area is 121 Å². The van der Waals surface area contributed by atoms with Crippen LogP contribution in [0, 0.1) is 0 Å². The van der Waals surface area contributed by atoms with Gasteiger partial charge in [0.25, 0.3) is 0 Å². The van der Waals surface area contributed by atoms with Gasteiger partial charge in [0.15, 0.2) is 0 Å². The maximum Gasteiger partial charge on any atom is 0.337 e. The lowest BCUT2D eigenvalue weighted by Crippen LogP contribution is -2.05. The number of fused-ring (bicyclic) bond motifs is 1. The second kappa shape index (κ2) is 4.86. The molecule has 5 nitrogen and oxygen atoms in total. The van der Waals surface area contributed by atoms with Gasteiger partial charge in [0.2, 0.25) is 0 Å². The first kappa shape index (κ1) is 13.1. The Balaban J connectivity index is 2.21. The first-order chi connectivity index (χ1) is 10.1. The summed E-state index contributed by atoms with van der Waals surface area (Å²) in [6.45, 7) is 0. The number of aromatic nitrogens is 1. The number of carbonyl (C=O) groups excluding carboxylic acids is 1. The molecule has 0 aliphatic rings. The van der Waals surface area contributed by atoms with E-state index in [0.717, 1.165) is 22.0 Å². The lowest BCUT2D eigenvalue weighted by Gasteiger charge is -2.11. The molecule has 3 rings (SSSR count). The number of methoxy groups -OCH3 is 1. The van der Waals surface area contributed by atoms with Crippen molar-refractivity contribution in [3.8, 4) is 11.1 Å². The SMILES string of the molecule is COC(=O)c1cc(N)c(-c2c[nH]c3ccccc23)c(N)c1. The molecule has 3 aromatic rings. The zero-order chi connectivity index (χ0) is 15.0. The maximum atomic E-state index is 11.6. The minimum atomic E-state index is -0.459. The molecule has 0 bridgehead atoms. The summed E-state index contributed by atoms with van der Waals surface area (Å²) in [5.41, 5.74) is 16.1. The van der Waals surface area contributed by atoms with Crippen molar-refractivity contribution < 1.29 is 9.53 Å². The van der Waals surface area contributed by atoms with E-state index < -0.39 is 5.97 Å². The second-order valence-corrected chi connectivity index (χ2v) is 4.77. The fourth-order valence-corrected chi connectivity index (χ4v) is 2.51. The van der Waals surface area contributed by atoms with Crippen LogP contribution < -0.4 is 11.5 Å². The summed E-state index contributed by atoms with van der Waals surface area (Å²) in [6.07, 6.45) is 1.87. The van der Waals surface area contributed by atoms with Gasteiger partial charge in [-0.2, -0.15) is 0 Å². The number of benzene rings is 2. The molecule has 5 heteroatoms. The van der Waals surface area contributed by atoms with E-state index in [4.69, 9.17) is 16.2 Å². The minimum Gasteiger partial charge on any atom is -0.465 e. The Bertz CT molecular complexity index is 813. The Kier molecular flexibility index (Phi) is 3.02. The van der Waals surface area contributed by atoms with Gasteiger partial charge in [-0.25, -0.2) is 4.79 Å². The Morgan fingerprint density at radius 2 is 1.81 bits per heavy atom. The van der Waals surface area contributed by atoms with Crippen LogP contribution in [0.4, 0.5) is 11.4 Å². The van der Waals surface area contributed by atoms with Crippen molar-refractivity contribution >= 4 is 28.2 Å². The molecule has 0 saturated carbocycles. The van der Waals surface area contributed by atoms with Crippen LogP contribution in [0.1, 0.15) is 10.4 Å². The van der Waals surface area contributed by atoms with Gasteiger partial charge in [-0.1, -0.05) is 18.2 Å². The van der Waals surface area contributed by atoms with E-state index >= 15 is 0 Å². The number of anilines is 2. The highest BCUT2D eigenvalue weighted by atomic mass is 16.5. The van der Waals surface area contributed by atoms with E-state index in [-0.39, 0.29) is 0 Å². The van der Waals surface area contributed by atoms with Crippen molar-refractivity contribution in [3.63, 3.8) is 0 Å². The number of nitrogens with two attached hydrogens (primary N) is 2. The molecule has 0 aliphatic carbocycles. The normalized spacial score (nSPS) is 10.7. The van der Waals surface area contributed by atoms with Crippen LogP contribution in [-0.4, -0.2) is 18.1 Å². The molecule has 0 atom stereocenters. The van der Waals surface area contributed by atoms with Crippen molar-refractivity contribution in [1.29, 1.82) is 0 Å². The number of H-pyrrole nitrogens is 1. The lowest BCUT2D eigenvalue weighted by atomic mass is 9.99. The summed E-state index contributed by atoms with van der Waals surface area (Å²) in [5.74, 6) is -0.459. The number of nitrogen functional groups attached to an aromatic ring is 2. The quantitative estimate of drug-likeness (QED) is 0.497. The Morgan fingerprint density at radius 3 is 2.48 bits per heavy atom. The molecule has 21 heavy (non-hydrogen) atoms. The summed E-state index contributed by atoms with van der Waals surface area (Å²) < 4.78 is 4.69. The average molecular weight is 281 g/mol. The molecule has 0 spiro atoms. The summed E-state index contributed by atoms with van der Waals surface area (Å²) in [4.78, 5) is 14.8. The monoisotopic (exact) mass is 281 g/mol. The number of nitrogens with one attached hydrogen (secondary N) is 1. The predicted molar refractivity (Wildman–Crippen MR) is 83.9 cm³/mol. The van der Waals surface area contributed by atoms with Gasteiger partial charge in [0, 0.05) is 39.6 Å². The zero-order valence-corrected chi connectivity index (χ0v) is 11.5. The number of para-hydroxylation sites is 1. The van der Waals surface area contributed by atoms with Crippen LogP contribution in [0.5, 0.6) is 0 Å². The van der Waals surface area contributed by atoms with Crippen LogP contribution in [0.15, 0.2) is 42.6 Å². The van der Waals surface area contributed by atoms with E-state index in [2.05, 4.69) is 4.98 Å². The number of esters is 1. The number of carbonyl (C=O) groups is 1. The van der Waals surface area contributed by atoms with Crippen LogP contribution in [0.3, 0.4) is 0 Å². The molecule has 0 saturated heterocycles. The van der Waals surface area contributed by atoms with Gasteiger partial charge in [-0.15, -0.1) is 0 Å². The van der Waals surface area contributed by atoms with Crippen molar-refractivity contribution in [2.75, 3.05) is 18.6 Å². The fraction of sp³-hybridized carbons (Fsp3) is 0.0625. The first-order valence-electron chi connectivity index (χ1n) is 6.45.